The summed E-state index contributed by atoms with van der Waals surface area (Å²) in [4.78, 5) is 20.3. The molecule has 0 unspecified atom stereocenters. The van der Waals surface area contributed by atoms with Crippen molar-refractivity contribution in [1.29, 1.82) is 0 Å². The van der Waals surface area contributed by atoms with Gasteiger partial charge in [0.05, 0.1) is 40.7 Å². The first-order valence-electron chi connectivity index (χ1n) is 8.70. The number of rotatable bonds is 5. The molecule has 0 aliphatic carbocycles. The molecule has 0 aliphatic rings. The number of hydrogen-bond donors (Lipinski definition) is 2. The normalized spacial score (nSPS) is 11.0. The molecule has 0 saturated heterocycles. The summed E-state index contributed by atoms with van der Waals surface area (Å²) in [5, 5.41) is 7.19. The van der Waals surface area contributed by atoms with E-state index in [0.717, 1.165) is 16.7 Å². The summed E-state index contributed by atoms with van der Waals surface area (Å²) in [5.41, 5.74) is 3.77. The fourth-order valence-corrected chi connectivity index (χ4v) is 3.06. The lowest BCUT2D eigenvalue weighted by molar-refractivity contribution is 0.0949. The van der Waals surface area contributed by atoms with Gasteiger partial charge < -0.3 is 10.3 Å². The maximum atomic E-state index is 13.2. The molecule has 7 heteroatoms. The van der Waals surface area contributed by atoms with Crippen molar-refractivity contribution in [3.05, 3.63) is 77.6 Å². The van der Waals surface area contributed by atoms with E-state index in [1.165, 1.54) is 18.3 Å². The Morgan fingerprint density at radius 2 is 1.96 bits per heavy atom. The largest absolute Gasteiger partial charge is 0.345 e. The molecule has 0 spiro atoms. The van der Waals surface area contributed by atoms with Gasteiger partial charge in [-0.15, -0.1) is 0 Å². The number of imidazole rings is 1. The number of hydrogen-bond acceptors (Lipinski definition) is 3. The van der Waals surface area contributed by atoms with E-state index in [-0.39, 0.29) is 11.7 Å². The molecule has 0 atom stereocenters. The van der Waals surface area contributed by atoms with Gasteiger partial charge in [-0.2, -0.15) is 5.10 Å². The van der Waals surface area contributed by atoms with Gasteiger partial charge in [0.1, 0.15) is 11.6 Å². The number of halogens is 1. The lowest BCUT2D eigenvalue weighted by Gasteiger charge is -2.08. The smallest absolute Gasteiger partial charge is 0.255 e. The maximum Gasteiger partial charge on any atom is 0.255 e. The number of H-pyrrole nitrogens is 1. The van der Waals surface area contributed by atoms with E-state index in [0.29, 0.717) is 30.0 Å². The molecule has 0 aliphatic heterocycles. The number of fused-ring (bicyclic) bond motifs is 1. The van der Waals surface area contributed by atoms with E-state index < -0.39 is 0 Å². The number of carbonyl (C=O) groups is 1. The molecule has 27 heavy (non-hydrogen) atoms. The molecule has 4 aromatic rings. The van der Waals surface area contributed by atoms with Crippen LogP contribution in [0.3, 0.4) is 0 Å². The number of benzene rings is 2. The summed E-state index contributed by atoms with van der Waals surface area (Å²) in [6, 6.07) is 13.7. The lowest BCUT2D eigenvalue weighted by atomic mass is 10.2. The number of aromatic amines is 1. The van der Waals surface area contributed by atoms with Crippen LogP contribution in [-0.2, 0) is 13.0 Å². The van der Waals surface area contributed by atoms with Gasteiger partial charge in [-0.05, 0) is 42.8 Å². The third-order valence-electron chi connectivity index (χ3n) is 4.37. The van der Waals surface area contributed by atoms with Gasteiger partial charge in [-0.3, -0.25) is 4.79 Å². The van der Waals surface area contributed by atoms with Crippen LogP contribution in [0.25, 0.3) is 16.7 Å². The summed E-state index contributed by atoms with van der Waals surface area (Å²) in [7, 11) is 0. The first-order chi connectivity index (χ1) is 13.2. The van der Waals surface area contributed by atoms with E-state index in [1.54, 1.807) is 16.8 Å². The van der Waals surface area contributed by atoms with Gasteiger partial charge in [-0.25, -0.2) is 14.1 Å². The minimum absolute atomic E-state index is 0.222. The predicted molar refractivity (Wildman–Crippen MR) is 100 cm³/mol. The monoisotopic (exact) mass is 363 g/mol. The van der Waals surface area contributed by atoms with Crippen LogP contribution in [0, 0.1) is 5.82 Å². The zero-order valence-corrected chi connectivity index (χ0v) is 14.7. The van der Waals surface area contributed by atoms with Gasteiger partial charge in [0.15, 0.2) is 0 Å². The van der Waals surface area contributed by atoms with Gasteiger partial charge in [-0.1, -0.05) is 19.1 Å². The Bertz CT molecular complexity index is 1060. The highest BCUT2D eigenvalue weighted by atomic mass is 19.1. The van der Waals surface area contributed by atoms with Crippen molar-refractivity contribution in [3.8, 4) is 5.69 Å². The van der Waals surface area contributed by atoms with Crippen LogP contribution in [0.2, 0.25) is 0 Å². The summed E-state index contributed by atoms with van der Waals surface area (Å²) in [5.74, 6) is 0.155. The Labute approximate surface area is 155 Å². The summed E-state index contributed by atoms with van der Waals surface area (Å²) < 4.78 is 14.8. The van der Waals surface area contributed by atoms with E-state index >= 15 is 0 Å². The van der Waals surface area contributed by atoms with Crippen LogP contribution >= 0.6 is 0 Å². The van der Waals surface area contributed by atoms with Crippen LogP contribution in [-0.4, -0.2) is 25.7 Å². The Balaban J connectivity index is 1.54. The van der Waals surface area contributed by atoms with Crippen molar-refractivity contribution < 1.29 is 9.18 Å². The fraction of sp³-hybridized carbons (Fsp3) is 0.150. The lowest BCUT2D eigenvalue weighted by Crippen LogP contribution is -2.24. The second kappa shape index (κ2) is 7.03. The van der Waals surface area contributed by atoms with Crippen molar-refractivity contribution in [3.63, 3.8) is 0 Å². The number of carbonyl (C=O) groups excluding carboxylic acids is 1. The molecule has 2 aromatic heterocycles. The molecule has 0 saturated carbocycles. The topological polar surface area (TPSA) is 75.6 Å². The molecular weight excluding hydrogens is 345 g/mol. The minimum Gasteiger partial charge on any atom is -0.345 e. The van der Waals surface area contributed by atoms with Crippen molar-refractivity contribution in [1.82, 2.24) is 25.1 Å². The Hall–Kier alpha value is -3.48. The zero-order valence-electron chi connectivity index (χ0n) is 14.7. The van der Waals surface area contributed by atoms with E-state index in [2.05, 4.69) is 20.4 Å². The summed E-state index contributed by atoms with van der Waals surface area (Å²) >= 11 is 0. The number of amides is 1. The van der Waals surface area contributed by atoms with Gasteiger partial charge in [0, 0.05) is 0 Å². The molecule has 2 aromatic carbocycles. The molecule has 2 N–H and O–H groups in total. The molecule has 2 heterocycles. The third-order valence-corrected chi connectivity index (χ3v) is 4.37. The molecule has 0 radical (unpaired) electrons. The zero-order chi connectivity index (χ0) is 18.8. The van der Waals surface area contributed by atoms with E-state index in [9.17, 15) is 9.18 Å². The first-order valence-corrected chi connectivity index (χ1v) is 8.70. The second-order valence-corrected chi connectivity index (χ2v) is 6.13. The van der Waals surface area contributed by atoms with Crippen molar-refractivity contribution in [2.45, 2.75) is 19.9 Å². The van der Waals surface area contributed by atoms with Crippen LogP contribution < -0.4 is 5.32 Å². The second-order valence-electron chi connectivity index (χ2n) is 6.13. The molecule has 4 rings (SSSR count). The highest BCUT2D eigenvalue weighted by molar-refractivity contribution is 5.95. The molecule has 136 valence electrons. The number of nitrogens with one attached hydrogen (secondary N) is 2. The number of aromatic nitrogens is 4. The average molecular weight is 363 g/mol. The number of nitrogens with zero attached hydrogens (tertiary/aromatic N) is 3. The van der Waals surface area contributed by atoms with Gasteiger partial charge >= 0.3 is 0 Å². The molecule has 6 nitrogen and oxygen atoms in total. The van der Waals surface area contributed by atoms with Crippen molar-refractivity contribution in [2.75, 3.05) is 0 Å². The fourth-order valence-electron chi connectivity index (χ4n) is 3.06. The van der Waals surface area contributed by atoms with Crippen LogP contribution in [0.1, 0.15) is 28.8 Å². The number of para-hydroxylation sites is 2. The summed E-state index contributed by atoms with van der Waals surface area (Å²) in [6.45, 7) is 2.24. The van der Waals surface area contributed by atoms with E-state index in [4.69, 9.17) is 0 Å². The van der Waals surface area contributed by atoms with Crippen LogP contribution in [0.15, 0.2) is 54.7 Å². The Morgan fingerprint density at radius 3 is 2.70 bits per heavy atom. The van der Waals surface area contributed by atoms with Crippen molar-refractivity contribution in [2.24, 2.45) is 0 Å². The molecular formula is C20H18FN5O. The van der Waals surface area contributed by atoms with Crippen LogP contribution in [0.4, 0.5) is 4.39 Å². The third kappa shape index (κ3) is 3.31. The minimum atomic E-state index is -0.312. The van der Waals surface area contributed by atoms with Gasteiger partial charge in [0.2, 0.25) is 0 Å². The quantitative estimate of drug-likeness (QED) is 0.571. The molecule has 0 bridgehead atoms. The molecule has 1 amide bonds. The molecule has 0 fully saturated rings. The van der Waals surface area contributed by atoms with E-state index in [1.807, 2.05) is 31.2 Å². The van der Waals surface area contributed by atoms with Crippen LogP contribution in [0.5, 0.6) is 0 Å². The summed E-state index contributed by atoms with van der Waals surface area (Å²) in [6.07, 6.45) is 2.15. The first kappa shape index (κ1) is 17.0. The maximum absolute atomic E-state index is 13.2. The highest BCUT2D eigenvalue weighted by Crippen LogP contribution is 2.17. The van der Waals surface area contributed by atoms with Crippen molar-refractivity contribution >= 4 is 16.9 Å². The Morgan fingerprint density at radius 1 is 1.19 bits per heavy atom. The highest BCUT2D eigenvalue weighted by Gasteiger charge is 2.17. The standard InChI is InChI=1S/C20H18FN5O/c1-2-18-15(11-23-26(18)14-9-7-13(21)8-10-14)20(27)22-12-19-24-16-5-3-4-6-17(16)25-19/h3-11H,2,12H2,1H3,(H,22,27)(H,24,25). The Kier molecular flexibility index (Phi) is 4.42. The van der Waals surface area contributed by atoms with Gasteiger partial charge in [0.25, 0.3) is 5.91 Å². The predicted octanol–water partition coefficient (Wildman–Crippen LogP) is 3.38. The SMILES string of the molecule is CCc1c(C(=O)NCc2nc3ccccc3[nH]2)cnn1-c1ccc(F)cc1. The average Bonchev–Trinajstić information content (AvgIpc) is 3.30.